The van der Waals surface area contributed by atoms with Crippen LogP contribution in [0.4, 0.5) is 0 Å². The van der Waals surface area contributed by atoms with Crippen molar-refractivity contribution in [2.45, 2.75) is 37.6 Å². The van der Waals surface area contributed by atoms with Gasteiger partial charge in [0.2, 0.25) is 0 Å². The van der Waals surface area contributed by atoms with E-state index in [4.69, 9.17) is 0 Å². The third kappa shape index (κ3) is 2.52. The number of nitrogens with zero attached hydrogens (tertiary/aromatic N) is 2. The molecule has 5 heteroatoms. The summed E-state index contributed by atoms with van der Waals surface area (Å²) in [7, 11) is 1.93. The molecule has 1 aromatic heterocycles. The summed E-state index contributed by atoms with van der Waals surface area (Å²) in [4.78, 5) is 12.9. The van der Waals surface area contributed by atoms with Crippen LogP contribution in [-0.4, -0.2) is 35.3 Å². The van der Waals surface area contributed by atoms with Crippen LogP contribution >= 0.6 is 0 Å². The van der Waals surface area contributed by atoms with Crippen LogP contribution in [0.1, 0.15) is 43.2 Å². The van der Waals surface area contributed by atoms with E-state index in [2.05, 4.69) is 28.8 Å². The maximum atomic E-state index is 12.9. The summed E-state index contributed by atoms with van der Waals surface area (Å²) < 4.78 is 3.91. The molecule has 2 fully saturated rings. The van der Waals surface area contributed by atoms with Crippen LogP contribution in [0.5, 0.6) is 0 Å². The second-order valence-corrected chi connectivity index (χ2v) is 6.95. The summed E-state index contributed by atoms with van der Waals surface area (Å²) in [6, 6.07) is 6.76. The van der Waals surface area contributed by atoms with Crippen LogP contribution in [0.25, 0.3) is 11.0 Å². The van der Waals surface area contributed by atoms with E-state index in [0.717, 1.165) is 62.9 Å². The van der Waals surface area contributed by atoms with Gasteiger partial charge in [-0.25, -0.2) is 4.79 Å². The molecule has 1 aromatic carbocycles. The number of benzene rings is 1. The molecule has 2 aliphatic heterocycles. The highest BCUT2D eigenvalue weighted by Crippen LogP contribution is 2.32. The van der Waals surface area contributed by atoms with Crippen LogP contribution in [0.2, 0.25) is 0 Å². The number of hydrogen-bond donors (Lipinski definition) is 2. The number of fused-ring (bicyclic) bond motifs is 1. The van der Waals surface area contributed by atoms with E-state index in [-0.39, 0.29) is 11.7 Å². The Hall–Kier alpha value is -1.59. The molecule has 1 unspecified atom stereocenters. The molecule has 0 radical (unpaired) electrons. The molecule has 4 rings (SSSR count). The van der Waals surface area contributed by atoms with Gasteiger partial charge in [0.15, 0.2) is 0 Å². The zero-order valence-electron chi connectivity index (χ0n) is 13.8. The molecule has 0 aliphatic carbocycles. The van der Waals surface area contributed by atoms with Gasteiger partial charge in [-0.2, -0.15) is 0 Å². The predicted molar refractivity (Wildman–Crippen MR) is 93.2 cm³/mol. The van der Waals surface area contributed by atoms with Crippen molar-refractivity contribution in [3.63, 3.8) is 0 Å². The van der Waals surface area contributed by atoms with Gasteiger partial charge < -0.3 is 10.6 Å². The lowest BCUT2D eigenvalue weighted by Crippen LogP contribution is -2.36. The Labute approximate surface area is 136 Å². The molecular weight excluding hydrogens is 288 g/mol. The Morgan fingerprint density at radius 3 is 2.65 bits per heavy atom. The first kappa shape index (κ1) is 15.0. The minimum Gasteiger partial charge on any atom is -0.317 e. The average Bonchev–Trinajstić information content (AvgIpc) is 2.88. The number of hydrogen-bond acceptors (Lipinski definition) is 3. The van der Waals surface area contributed by atoms with Gasteiger partial charge >= 0.3 is 5.69 Å². The number of nitrogens with one attached hydrogen (secondary N) is 2. The highest BCUT2D eigenvalue weighted by molar-refractivity contribution is 5.80. The van der Waals surface area contributed by atoms with Gasteiger partial charge in [0.25, 0.3) is 0 Å². The lowest BCUT2D eigenvalue weighted by molar-refractivity contribution is 0.369. The van der Waals surface area contributed by atoms with Crippen molar-refractivity contribution in [2.75, 3.05) is 26.2 Å². The number of para-hydroxylation sites is 1. The molecule has 2 aromatic rings. The Kier molecular flexibility index (Phi) is 3.99. The molecule has 5 nitrogen and oxygen atoms in total. The molecular formula is C18H26N4O. The summed E-state index contributed by atoms with van der Waals surface area (Å²) in [5.74, 6) is 0.561. The Morgan fingerprint density at radius 2 is 1.91 bits per heavy atom. The van der Waals surface area contributed by atoms with Crippen LogP contribution in [0.3, 0.4) is 0 Å². The zero-order chi connectivity index (χ0) is 15.8. The van der Waals surface area contributed by atoms with E-state index in [9.17, 15) is 4.79 Å². The van der Waals surface area contributed by atoms with Crippen LogP contribution in [0.15, 0.2) is 23.0 Å². The second kappa shape index (κ2) is 6.13. The highest BCUT2D eigenvalue weighted by atomic mass is 16.1. The van der Waals surface area contributed by atoms with Crippen molar-refractivity contribution >= 4 is 11.0 Å². The highest BCUT2D eigenvalue weighted by Gasteiger charge is 2.25. The van der Waals surface area contributed by atoms with Gasteiger partial charge in [-0.05, 0) is 62.9 Å². The van der Waals surface area contributed by atoms with E-state index < -0.39 is 0 Å². The number of piperidine rings is 2. The van der Waals surface area contributed by atoms with Gasteiger partial charge in [0.1, 0.15) is 0 Å². The van der Waals surface area contributed by atoms with Gasteiger partial charge in [-0.15, -0.1) is 0 Å². The second-order valence-electron chi connectivity index (χ2n) is 6.95. The van der Waals surface area contributed by atoms with Crippen molar-refractivity contribution in [2.24, 2.45) is 7.05 Å². The van der Waals surface area contributed by atoms with E-state index in [1.807, 2.05) is 16.2 Å². The van der Waals surface area contributed by atoms with E-state index in [1.54, 1.807) is 0 Å². The Balaban J connectivity index is 1.86. The fourth-order valence-corrected chi connectivity index (χ4v) is 4.34. The normalized spacial score (nSPS) is 23.4. The first-order valence-corrected chi connectivity index (χ1v) is 8.88. The minimum absolute atomic E-state index is 0.134. The fraction of sp³-hybridized carbons (Fsp3) is 0.611. The number of rotatable bonds is 2. The minimum atomic E-state index is 0.134. The van der Waals surface area contributed by atoms with Crippen LogP contribution in [0, 0.1) is 0 Å². The van der Waals surface area contributed by atoms with Gasteiger partial charge in [0, 0.05) is 13.6 Å². The van der Waals surface area contributed by atoms with Crippen molar-refractivity contribution in [3.05, 3.63) is 34.2 Å². The van der Waals surface area contributed by atoms with Crippen molar-refractivity contribution < 1.29 is 0 Å². The van der Waals surface area contributed by atoms with Crippen molar-refractivity contribution in [3.8, 4) is 0 Å². The summed E-state index contributed by atoms with van der Waals surface area (Å²) >= 11 is 0. The fourth-order valence-electron chi connectivity index (χ4n) is 4.34. The standard InChI is InChI=1S/C18H26N4O/c1-21-17-15(13-7-10-19-11-8-13)5-2-6-16(17)22(18(21)23)14-4-3-9-20-12-14/h2,5-6,13-14,19-20H,3-4,7-12H2,1H3. The van der Waals surface area contributed by atoms with Gasteiger partial charge in [0.05, 0.1) is 17.1 Å². The lowest BCUT2D eigenvalue weighted by atomic mass is 9.89. The lowest BCUT2D eigenvalue weighted by Gasteiger charge is -2.25. The van der Waals surface area contributed by atoms with E-state index in [0.29, 0.717) is 5.92 Å². The third-order valence-corrected chi connectivity index (χ3v) is 5.55. The predicted octanol–water partition coefficient (Wildman–Crippen LogP) is 1.73. The van der Waals surface area contributed by atoms with Gasteiger partial charge in [-0.3, -0.25) is 9.13 Å². The molecule has 0 bridgehead atoms. The first-order chi connectivity index (χ1) is 11.3. The Bertz CT molecular complexity index is 748. The summed E-state index contributed by atoms with van der Waals surface area (Å²) in [5, 5.41) is 6.87. The number of aryl methyl sites for hydroxylation is 1. The summed E-state index contributed by atoms with van der Waals surface area (Å²) in [6.45, 7) is 4.11. The molecule has 1 atom stereocenters. The Morgan fingerprint density at radius 1 is 1.09 bits per heavy atom. The monoisotopic (exact) mass is 314 g/mol. The first-order valence-electron chi connectivity index (χ1n) is 8.88. The maximum absolute atomic E-state index is 12.9. The molecule has 3 heterocycles. The summed E-state index contributed by atoms with van der Waals surface area (Å²) in [6.07, 6.45) is 4.54. The van der Waals surface area contributed by atoms with Crippen LogP contribution in [-0.2, 0) is 7.05 Å². The molecule has 124 valence electrons. The smallest absolute Gasteiger partial charge is 0.317 e. The molecule has 2 saturated heterocycles. The number of aromatic nitrogens is 2. The summed E-state index contributed by atoms with van der Waals surface area (Å²) in [5.41, 5.74) is 3.75. The van der Waals surface area contributed by atoms with E-state index in [1.165, 1.54) is 5.56 Å². The van der Waals surface area contributed by atoms with Crippen LogP contribution < -0.4 is 16.3 Å². The SMILES string of the molecule is Cn1c(=O)n(C2CCCNC2)c2cccc(C3CCNCC3)c21. The quantitative estimate of drug-likeness (QED) is 0.888. The van der Waals surface area contributed by atoms with Gasteiger partial charge in [-0.1, -0.05) is 12.1 Å². The van der Waals surface area contributed by atoms with Crippen molar-refractivity contribution in [1.82, 2.24) is 19.8 Å². The third-order valence-electron chi connectivity index (χ3n) is 5.55. The zero-order valence-corrected chi connectivity index (χ0v) is 13.8. The molecule has 0 saturated carbocycles. The number of imidazole rings is 1. The largest absolute Gasteiger partial charge is 0.329 e. The molecule has 23 heavy (non-hydrogen) atoms. The van der Waals surface area contributed by atoms with Crippen molar-refractivity contribution in [1.29, 1.82) is 0 Å². The molecule has 0 amide bonds. The van der Waals surface area contributed by atoms with E-state index >= 15 is 0 Å². The topological polar surface area (TPSA) is 51.0 Å². The average molecular weight is 314 g/mol. The molecule has 2 N–H and O–H groups in total. The maximum Gasteiger partial charge on any atom is 0.329 e. The molecule has 0 spiro atoms. The molecule has 2 aliphatic rings.